The van der Waals surface area contributed by atoms with E-state index in [2.05, 4.69) is 6.92 Å². The van der Waals surface area contributed by atoms with Gasteiger partial charge in [0, 0.05) is 4.88 Å². The molecule has 0 fully saturated rings. The van der Waals surface area contributed by atoms with E-state index in [4.69, 9.17) is 0 Å². The second-order valence-corrected chi connectivity index (χ2v) is 4.89. The lowest BCUT2D eigenvalue weighted by atomic mass is 10.2. The summed E-state index contributed by atoms with van der Waals surface area (Å²) in [5.74, 6) is 2.19. The predicted molar refractivity (Wildman–Crippen MR) is 56.9 cm³/mol. The number of rotatable bonds is 5. The summed E-state index contributed by atoms with van der Waals surface area (Å²) in [4.78, 5) is 1.09. The first-order valence-electron chi connectivity index (χ1n) is 4.13. The number of hydrogen-bond acceptors (Lipinski definition) is 3. The van der Waals surface area contributed by atoms with Crippen molar-refractivity contribution >= 4 is 23.1 Å². The number of thioether (sulfide) groups is 1. The largest absolute Gasteiger partial charge is 0.388 e. The monoisotopic (exact) mass is 202 g/mol. The standard InChI is InChI=1S/C9H14OS2/c1-2-11-7-5-8(10)9-4-3-6-12-9/h3-4,6,8,10H,2,5,7H2,1H3. The molecule has 1 N–H and O–H groups in total. The highest BCUT2D eigenvalue weighted by Gasteiger charge is 2.06. The Bertz CT molecular complexity index is 196. The lowest BCUT2D eigenvalue weighted by molar-refractivity contribution is 0.179. The number of aliphatic hydroxyl groups is 1. The summed E-state index contributed by atoms with van der Waals surface area (Å²) in [6, 6.07) is 3.97. The van der Waals surface area contributed by atoms with Crippen LogP contribution in [-0.2, 0) is 0 Å². The van der Waals surface area contributed by atoms with E-state index in [-0.39, 0.29) is 6.10 Å². The molecular formula is C9H14OS2. The Labute approximate surface area is 81.8 Å². The molecule has 0 aromatic carbocycles. The van der Waals surface area contributed by atoms with Crippen molar-refractivity contribution in [2.45, 2.75) is 19.4 Å². The molecule has 3 heteroatoms. The lowest BCUT2D eigenvalue weighted by Crippen LogP contribution is -1.96. The highest BCUT2D eigenvalue weighted by molar-refractivity contribution is 7.99. The molecule has 1 nitrogen and oxygen atoms in total. The zero-order valence-electron chi connectivity index (χ0n) is 7.19. The molecule has 0 radical (unpaired) electrons. The minimum atomic E-state index is -0.246. The van der Waals surface area contributed by atoms with Crippen molar-refractivity contribution in [1.82, 2.24) is 0 Å². The molecule has 1 aromatic rings. The predicted octanol–water partition coefficient (Wildman–Crippen LogP) is 2.92. The van der Waals surface area contributed by atoms with Gasteiger partial charge in [0.25, 0.3) is 0 Å². The van der Waals surface area contributed by atoms with E-state index < -0.39 is 0 Å². The smallest absolute Gasteiger partial charge is 0.0889 e. The van der Waals surface area contributed by atoms with E-state index in [9.17, 15) is 5.11 Å². The van der Waals surface area contributed by atoms with Crippen LogP contribution in [0.5, 0.6) is 0 Å². The zero-order chi connectivity index (χ0) is 8.81. The van der Waals surface area contributed by atoms with Gasteiger partial charge in [0.2, 0.25) is 0 Å². The molecule has 0 saturated heterocycles. The van der Waals surface area contributed by atoms with Crippen LogP contribution in [0.3, 0.4) is 0 Å². The zero-order valence-corrected chi connectivity index (χ0v) is 8.83. The van der Waals surface area contributed by atoms with Crippen molar-refractivity contribution in [3.8, 4) is 0 Å². The molecule has 1 aromatic heterocycles. The number of thiophene rings is 1. The van der Waals surface area contributed by atoms with Gasteiger partial charge < -0.3 is 5.11 Å². The van der Waals surface area contributed by atoms with E-state index >= 15 is 0 Å². The summed E-state index contributed by atoms with van der Waals surface area (Å²) in [5, 5.41) is 11.6. The average molecular weight is 202 g/mol. The molecule has 0 saturated carbocycles. The number of aliphatic hydroxyl groups excluding tert-OH is 1. The van der Waals surface area contributed by atoms with Gasteiger partial charge in [0.05, 0.1) is 6.10 Å². The summed E-state index contributed by atoms with van der Waals surface area (Å²) < 4.78 is 0. The van der Waals surface area contributed by atoms with Gasteiger partial charge >= 0.3 is 0 Å². The topological polar surface area (TPSA) is 20.2 Å². The Morgan fingerprint density at radius 1 is 1.67 bits per heavy atom. The molecule has 0 aliphatic carbocycles. The van der Waals surface area contributed by atoms with E-state index in [0.717, 1.165) is 22.8 Å². The first kappa shape index (κ1) is 10.1. The van der Waals surface area contributed by atoms with Crippen LogP contribution in [0.2, 0.25) is 0 Å². The fourth-order valence-corrected chi connectivity index (χ4v) is 2.39. The first-order chi connectivity index (χ1) is 5.84. The Morgan fingerprint density at radius 2 is 2.50 bits per heavy atom. The van der Waals surface area contributed by atoms with Gasteiger partial charge in [-0.15, -0.1) is 11.3 Å². The summed E-state index contributed by atoms with van der Waals surface area (Å²) in [7, 11) is 0. The van der Waals surface area contributed by atoms with Gasteiger partial charge in [0.1, 0.15) is 0 Å². The van der Waals surface area contributed by atoms with Gasteiger partial charge in [-0.05, 0) is 29.4 Å². The fraction of sp³-hybridized carbons (Fsp3) is 0.556. The molecular weight excluding hydrogens is 188 g/mol. The van der Waals surface area contributed by atoms with Gasteiger partial charge in [-0.25, -0.2) is 0 Å². The van der Waals surface area contributed by atoms with Crippen LogP contribution in [0.4, 0.5) is 0 Å². The quantitative estimate of drug-likeness (QED) is 0.741. The molecule has 0 amide bonds. The maximum atomic E-state index is 9.63. The third-order valence-electron chi connectivity index (χ3n) is 1.61. The number of hydrogen-bond donors (Lipinski definition) is 1. The van der Waals surface area contributed by atoms with E-state index in [0.29, 0.717) is 0 Å². The van der Waals surface area contributed by atoms with Gasteiger partial charge in [0.15, 0.2) is 0 Å². The molecule has 12 heavy (non-hydrogen) atoms. The van der Waals surface area contributed by atoms with Crippen LogP contribution in [0.15, 0.2) is 17.5 Å². The van der Waals surface area contributed by atoms with Crippen molar-refractivity contribution in [1.29, 1.82) is 0 Å². The lowest BCUT2D eigenvalue weighted by Gasteiger charge is -2.06. The van der Waals surface area contributed by atoms with Crippen LogP contribution in [0.25, 0.3) is 0 Å². The minimum Gasteiger partial charge on any atom is -0.388 e. The molecule has 1 heterocycles. The molecule has 0 aliphatic heterocycles. The van der Waals surface area contributed by atoms with Crippen LogP contribution in [-0.4, -0.2) is 16.6 Å². The Kier molecular flexibility index (Phi) is 4.73. The summed E-state index contributed by atoms with van der Waals surface area (Å²) in [6.45, 7) is 2.14. The third-order valence-corrected chi connectivity index (χ3v) is 3.52. The molecule has 1 rings (SSSR count). The van der Waals surface area contributed by atoms with Crippen molar-refractivity contribution in [2.24, 2.45) is 0 Å². The van der Waals surface area contributed by atoms with E-state index in [1.807, 2.05) is 29.3 Å². The Hall–Kier alpha value is 0.01000. The molecule has 68 valence electrons. The third kappa shape index (κ3) is 3.17. The van der Waals surface area contributed by atoms with Gasteiger partial charge in [-0.1, -0.05) is 13.0 Å². The Morgan fingerprint density at radius 3 is 3.08 bits per heavy atom. The molecule has 0 spiro atoms. The highest BCUT2D eigenvalue weighted by atomic mass is 32.2. The van der Waals surface area contributed by atoms with Gasteiger partial charge in [-0.2, -0.15) is 11.8 Å². The summed E-state index contributed by atoms with van der Waals surface area (Å²) in [6.07, 6.45) is 0.628. The highest BCUT2D eigenvalue weighted by Crippen LogP contribution is 2.22. The second kappa shape index (κ2) is 5.62. The maximum Gasteiger partial charge on any atom is 0.0889 e. The first-order valence-corrected chi connectivity index (χ1v) is 6.17. The second-order valence-electron chi connectivity index (χ2n) is 2.52. The Balaban J connectivity index is 2.25. The van der Waals surface area contributed by atoms with Crippen molar-refractivity contribution in [2.75, 3.05) is 11.5 Å². The van der Waals surface area contributed by atoms with Crippen LogP contribution >= 0.6 is 23.1 Å². The molecule has 1 atom stereocenters. The van der Waals surface area contributed by atoms with Crippen molar-refractivity contribution in [3.05, 3.63) is 22.4 Å². The fourth-order valence-electron chi connectivity index (χ4n) is 0.962. The van der Waals surface area contributed by atoms with Crippen LogP contribution < -0.4 is 0 Å². The van der Waals surface area contributed by atoms with E-state index in [1.165, 1.54) is 0 Å². The van der Waals surface area contributed by atoms with Crippen LogP contribution in [0, 0.1) is 0 Å². The van der Waals surface area contributed by atoms with Crippen molar-refractivity contribution in [3.63, 3.8) is 0 Å². The molecule has 1 unspecified atom stereocenters. The van der Waals surface area contributed by atoms with Crippen molar-refractivity contribution < 1.29 is 5.11 Å². The SMILES string of the molecule is CCSCCC(O)c1cccs1. The normalized spacial score (nSPS) is 13.2. The maximum absolute atomic E-state index is 9.63. The van der Waals surface area contributed by atoms with E-state index in [1.54, 1.807) is 11.3 Å². The average Bonchev–Trinajstić information content (AvgIpc) is 2.56. The van der Waals surface area contributed by atoms with Crippen LogP contribution in [0.1, 0.15) is 24.3 Å². The molecule has 0 bridgehead atoms. The minimum absolute atomic E-state index is 0.246. The summed E-state index contributed by atoms with van der Waals surface area (Å²) >= 11 is 3.51. The molecule has 0 aliphatic rings. The van der Waals surface area contributed by atoms with Gasteiger partial charge in [-0.3, -0.25) is 0 Å². The summed E-state index contributed by atoms with van der Waals surface area (Å²) in [5.41, 5.74) is 0.